The Bertz CT molecular complexity index is 537. The topological polar surface area (TPSA) is 26.3 Å². The van der Waals surface area contributed by atoms with Crippen LogP contribution in [0.4, 0.5) is 0 Å². The molecule has 1 atom stereocenters. The summed E-state index contributed by atoms with van der Waals surface area (Å²) in [5.41, 5.74) is 0. The Balaban J connectivity index is 2.31. The lowest BCUT2D eigenvalue weighted by Crippen LogP contribution is -2.16. The quantitative estimate of drug-likeness (QED) is 0.625. The van der Waals surface area contributed by atoms with E-state index in [1.165, 1.54) is 8.96 Å². The van der Waals surface area contributed by atoms with Crippen molar-refractivity contribution in [1.29, 1.82) is 0 Å². The van der Waals surface area contributed by atoms with Crippen molar-refractivity contribution in [2.75, 3.05) is 0 Å². The van der Waals surface area contributed by atoms with E-state index in [1.54, 1.807) is 0 Å². The Morgan fingerprint density at radius 3 is 2.65 bits per heavy atom. The van der Waals surface area contributed by atoms with Crippen molar-refractivity contribution < 1.29 is 9.53 Å². The summed E-state index contributed by atoms with van der Waals surface area (Å²) in [6, 6.07) is 12.1. The maximum atomic E-state index is 10.7. The van der Waals surface area contributed by atoms with Crippen molar-refractivity contribution in [2.24, 2.45) is 0 Å². The minimum absolute atomic E-state index is 0.351. The summed E-state index contributed by atoms with van der Waals surface area (Å²) in [6.45, 7) is 1.93. The summed E-state index contributed by atoms with van der Waals surface area (Å²) in [4.78, 5) is 10.7. The Hall–Kier alpha value is -1.10. The van der Waals surface area contributed by atoms with Crippen molar-refractivity contribution in [3.63, 3.8) is 0 Å². The molecule has 0 fully saturated rings. The molecule has 0 aliphatic carbocycles. The summed E-state index contributed by atoms with van der Waals surface area (Å²) in [6.07, 6.45) is 1.18. The number of aldehydes is 1. The molecule has 3 heteroatoms. The molecular formula is C14H13IO2. The van der Waals surface area contributed by atoms with Crippen LogP contribution < -0.4 is 4.74 Å². The average Bonchev–Trinajstić information content (AvgIpc) is 2.36. The van der Waals surface area contributed by atoms with E-state index < -0.39 is 0 Å². The molecule has 2 aromatic rings. The third-order valence-electron chi connectivity index (χ3n) is 2.62. The monoisotopic (exact) mass is 340 g/mol. The molecule has 0 aromatic heterocycles. The normalized spacial score (nSPS) is 12.4. The smallest absolute Gasteiger partial charge is 0.160 e. The molecule has 0 radical (unpaired) electrons. The zero-order valence-corrected chi connectivity index (χ0v) is 11.7. The Morgan fingerprint density at radius 1 is 1.24 bits per heavy atom. The molecule has 88 valence electrons. The van der Waals surface area contributed by atoms with E-state index in [1.807, 2.05) is 25.1 Å². The molecule has 0 saturated carbocycles. The van der Waals surface area contributed by atoms with E-state index in [2.05, 4.69) is 40.8 Å². The van der Waals surface area contributed by atoms with Gasteiger partial charge in [0.2, 0.25) is 0 Å². The number of hydrogen-bond acceptors (Lipinski definition) is 2. The summed E-state index contributed by atoms with van der Waals surface area (Å²) in [5, 5.41) is 2.31. The number of halogens is 1. The molecule has 2 nitrogen and oxygen atoms in total. The van der Waals surface area contributed by atoms with Gasteiger partial charge >= 0.3 is 0 Å². The van der Waals surface area contributed by atoms with Crippen molar-refractivity contribution in [2.45, 2.75) is 19.4 Å². The second kappa shape index (κ2) is 5.49. The Morgan fingerprint density at radius 2 is 1.94 bits per heavy atom. The van der Waals surface area contributed by atoms with Gasteiger partial charge in [-0.25, -0.2) is 0 Å². The van der Waals surface area contributed by atoms with Crippen LogP contribution in [0.1, 0.15) is 13.3 Å². The van der Waals surface area contributed by atoms with Crippen molar-refractivity contribution in [3.8, 4) is 5.75 Å². The van der Waals surface area contributed by atoms with Gasteiger partial charge in [0, 0.05) is 3.57 Å². The lowest BCUT2D eigenvalue weighted by atomic mass is 10.1. The molecule has 0 saturated heterocycles. The lowest BCUT2D eigenvalue weighted by molar-refractivity contribution is -0.113. The first-order valence-electron chi connectivity index (χ1n) is 5.54. The number of ether oxygens (including phenoxy) is 1. The van der Waals surface area contributed by atoms with E-state index in [-0.39, 0.29) is 6.10 Å². The van der Waals surface area contributed by atoms with Gasteiger partial charge in [0.1, 0.15) is 5.75 Å². The van der Waals surface area contributed by atoms with Gasteiger partial charge in [0.15, 0.2) is 12.4 Å². The largest absolute Gasteiger partial charge is 0.483 e. The summed E-state index contributed by atoms with van der Waals surface area (Å²) >= 11 is 2.29. The maximum absolute atomic E-state index is 10.7. The minimum atomic E-state index is -0.351. The molecule has 0 heterocycles. The van der Waals surface area contributed by atoms with Crippen LogP contribution in [0.25, 0.3) is 10.8 Å². The fourth-order valence-electron chi connectivity index (χ4n) is 1.65. The van der Waals surface area contributed by atoms with Gasteiger partial charge in [-0.3, -0.25) is 4.79 Å². The predicted octanol–water partition coefficient (Wildman–Crippen LogP) is 3.80. The van der Waals surface area contributed by atoms with E-state index in [0.717, 1.165) is 17.4 Å². The third-order valence-corrected chi connectivity index (χ3v) is 3.29. The molecule has 1 unspecified atom stereocenters. The number of benzene rings is 2. The number of rotatable bonds is 4. The first-order chi connectivity index (χ1) is 8.22. The molecule has 0 amide bonds. The molecule has 0 spiro atoms. The fourth-order valence-corrected chi connectivity index (χ4v) is 2.17. The highest BCUT2D eigenvalue weighted by atomic mass is 127. The number of hydrogen-bond donors (Lipinski definition) is 0. The standard InChI is InChI=1S/C14H13IO2/c1-2-13(9-16)17-14-6-4-10-7-12(15)5-3-11(10)8-14/h3-9,13H,2H2,1H3. The van der Waals surface area contributed by atoms with Crippen LogP contribution in [-0.2, 0) is 4.79 Å². The highest BCUT2D eigenvalue weighted by molar-refractivity contribution is 14.1. The van der Waals surface area contributed by atoms with Gasteiger partial charge in [0.25, 0.3) is 0 Å². The van der Waals surface area contributed by atoms with Gasteiger partial charge in [0.05, 0.1) is 0 Å². The molecule has 0 bridgehead atoms. The van der Waals surface area contributed by atoms with E-state index in [4.69, 9.17) is 4.74 Å². The van der Waals surface area contributed by atoms with Gasteiger partial charge in [-0.2, -0.15) is 0 Å². The van der Waals surface area contributed by atoms with E-state index in [0.29, 0.717) is 6.42 Å². The zero-order valence-electron chi connectivity index (χ0n) is 9.52. The second-order valence-corrected chi connectivity index (χ2v) is 5.10. The maximum Gasteiger partial charge on any atom is 0.160 e. The van der Waals surface area contributed by atoms with E-state index in [9.17, 15) is 4.79 Å². The van der Waals surface area contributed by atoms with Crippen LogP contribution in [0.2, 0.25) is 0 Å². The summed E-state index contributed by atoms with van der Waals surface area (Å²) < 4.78 is 6.79. The van der Waals surface area contributed by atoms with Crippen LogP contribution in [0, 0.1) is 3.57 Å². The minimum Gasteiger partial charge on any atom is -0.483 e. The average molecular weight is 340 g/mol. The first-order valence-corrected chi connectivity index (χ1v) is 6.62. The lowest BCUT2D eigenvalue weighted by Gasteiger charge is -2.11. The van der Waals surface area contributed by atoms with Crippen molar-refractivity contribution in [1.82, 2.24) is 0 Å². The van der Waals surface area contributed by atoms with Crippen LogP contribution in [0.3, 0.4) is 0 Å². The molecule has 2 rings (SSSR count). The molecule has 0 N–H and O–H groups in total. The summed E-state index contributed by atoms with van der Waals surface area (Å²) in [5.74, 6) is 0.748. The molecule has 2 aromatic carbocycles. The van der Waals surface area contributed by atoms with Crippen molar-refractivity contribution >= 4 is 39.6 Å². The Kier molecular flexibility index (Phi) is 3.99. The molecule has 17 heavy (non-hydrogen) atoms. The van der Waals surface area contributed by atoms with Crippen LogP contribution in [0.15, 0.2) is 36.4 Å². The van der Waals surface area contributed by atoms with Gasteiger partial charge in [-0.1, -0.05) is 19.1 Å². The molecular weight excluding hydrogens is 327 g/mol. The van der Waals surface area contributed by atoms with Crippen LogP contribution in [0.5, 0.6) is 5.75 Å². The zero-order chi connectivity index (χ0) is 12.3. The van der Waals surface area contributed by atoms with Gasteiger partial charge in [-0.05, 0) is 64.0 Å². The molecule has 0 aliphatic heterocycles. The Labute approximate surface area is 114 Å². The predicted molar refractivity (Wildman–Crippen MR) is 77.4 cm³/mol. The van der Waals surface area contributed by atoms with Crippen LogP contribution >= 0.6 is 22.6 Å². The second-order valence-electron chi connectivity index (χ2n) is 3.85. The highest BCUT2D eigenvalue weighted by Crippen LogP contribution is 2.23. The van der Waals surface area contributed by atoms with E-state index >= 15 is 0 Å². The SMILES string of the molecule is CCC(C=O)Oc1ccc2cc(I)ccc2c1. The number of carbonyl (C=O) groups is 1. The van der Waals surface area contributed by atoms with Gasteiger partial charge in [-0.15, -0.1) is 0 Å². The first kappa shape index (κ1) is 12.4. The molecule has 0 aliphatic rings. The van der Waals surface area contributed by atoms with Crippen molar-refractivity contribution in [3.05, 3.63) is 40.0 Å². The summed E-state index contributed by atoms with van der Waals surface area (Å²) in [7, 11) is 0. The number of fused-ring (bicyclic) bond motifs is 1. The van der Waals surface area contributed by atoms with Crippen LogP contribution in [-0.4, -0.2) is 12.4 Å². The number of carbonyl (C=O) groups excluding carboxylic acids is 1. The fraction of sp³-hybridized carbons (Fsp3) is 0.214. The third kappa shape index (κ3) is 2.97. The highest BCUT2D eigenvalue weighted by Gasteiger charge is 2.06. The van der Waals surface area contributed by atoms with Gasteiger partial charge < -0.3 is 4.74 Å².